The van der Waals surface area contributed by atoms with Crippen LogP contribution in [0, 0.1) is 0 Å². The maximum atomic E-state index is 12.7. The molecule has 2 amide bonds. The van der Waals surface area contributed by atoms with Gasteiger partial charge >= 0.3 is 0 Å². The third-order valence-electron chi connectivity index (χ3n) is 4.83. The number of hydrogen-bond acceptors (Lipinski definition) is 4. The summed E-state index contributed by atoms with van der Waals surface area (Å²) in [6, 6.07) is 14.1. The van der Waals surface area contributed by atoms with Crippen molar-refractivity contribution in [1.82, 2.24) is 10.2 Å². The molecule has 154 valence electrons. The number of benzene rings is 2. The van der Waals surface area contributed by atoms with Crippen LogP contribution >= 0.6 is 11.6 Å². The number of methoxy groups -OCH3 is 1. The van der Waals surface area contributed by atoms with Crippen LogP contribution in [0.3, 0.4) is 0 Å². The molecule has 0 radical (unpaired) electrons. The standard InChI is InChI=1S/C22H25ClN2O4/c1-28-15-12-24-21(26)16-2-4-17(5-3-16)22(27)25-13-10-20(11-14-25)29-19-8-6-18(23)7-9-19/h2-9,20H,10-15H2,1H3,(H,24,26). The Hall–Kier alpha value is -2.57. The Balaban J connectivity index is 1.49. The van der Waals surface area contributed by atoms with Gasteiger partial charge in [-0.1, -0.05) is 11.6 Å². The van der Waals surface area contributed by atoms with E-state index in [1.807, 2.05) is 17.0 Å². The van der Waals surface area contributed by atoms with Crippen molar-refractivity contribution >= 4 is 23.4 Å². The lowest BCUT2D eigenvalue weighted by Gasteiger charge is -2.32. The van der Waals surface area contributed by atoms with Crippen molar-refractivity contribution in [2.75, 3.05) is 33.4 Å². The molecule has 0 atom stereocenters. The quantitative estimate of drug-likeness (QED) is 0.702. The van der Waals surface area contributed by atoms with Crippen LogP contribution in [0.5, 0.6) is 5.75 Å². The molecule has 1 saturated heterocycles. The molecular formula is C22H25ClN2O4. The number of nitrogens with one attached hydrogen (secondary N) is 1. The van der Waals surface area contributed by atoms with Gasteiger partial charge in [0.1, 0.15) is 11.9 Å². The molecule has 0 aliphatic carbocycles. The average Bonchev–Trinajstić information content (AvgIpc) is 2.75. The number of amides is 2. The maximum absolute atomic E-state index is 12.7. The molecule has 2 aromatic rings. The third kappa shape index (κ3) is 5.95. The van der Waals surface area contributed by atoms with Crippen LogP contribution < -0.4 is 10.1 Å². The first-order chi connectivity index (χ1) is 14.1. The Bertz CT molecular complexity index is 816. The van der Waals surface area contributed by atoms with Gasteiger partial charge < -0.3 is 19.7 Å². The van der Waals surface area contributed by atoms with E-state index in [1.54, 1.807) is 43.5 Å². The van der Waals surface area contributed by atoms with Crippen molar-refractivity contribution in [2.45, 2.75) is 18.9 Å². The molecule has 7 heteroatoms. The van der Waals surface area contributed by atoms with Gasteiger partial charge in [-0.15, -0.1) is 0 Å². The summed E-state index contributed by atoms with van der Waals surface area (Å²) in [7, 11) is 1.58. The highest BCUT2D eigenvalue weighted by Crippen LogP contribution is 2.22. The molecule has 0 spiro atoms. The lowest BCUT2D eigenvalue weighted by Crippen LogP contribution is -2.41. The van der Waals surface area contributed by atoms with Crippen LogP contribution in [0.25, 0.3) is 0 Å². The van der Waals surface area contributed by atoms with Crippen LogP contribution in [0.4, 0.5) is 0 Å². The van der Waals surface area contributed by atoms with E-state index in [1.165, 1.54) is 0 Å². The Labute approximate surface area is 175 Å². The number of ether oxygens (including phenoxy) is 2. The Morgan fingerprint density at radius 2 is 1.66 bits per heavy atom. The lowest BCUT2D eigenvalue weighted by molar-refractivity contribution is 0.0595. The number of halogens is 1. The number of rotatable bonds is 7. The number of carbonyl (C=O) groups is 2. The molecule has 1 N–H and O–H groups in total. The summed E-state index contributed by atoms with van der Waals surface area (Å²) in [4.78, 5) is 26.6. The maximum Gasteiger partial charge on any atom is 0.253 e. The van der Waals surface area contributed by atoms with Gasteiger partial charge in [-0.25, -0.2) is 0 Å². The molecule has 0 unspecified atom stereocenters. The third-order valence-corrected chi connectivity index (χ3v) is 5.08. The van der Waals surface area contributed by atoms with E-state index < -0.39 is 0 Å². The summed E-state index contributed by atoms with van der Waals surface area (Å²) in [5.74, 6) is 0.584. The molecule has 3 rings (SSSR count). The highest BCUT2D eigenvalue weighted by Gasteiger charge is 2.24. The number of carbonyl (C=O) groups excluding carboxylic acids is 2. The lowest BCUT2D eigenvalue weighted by atomic mass is 10.1. The normalized spacial score (nSPS) is 14.5. The molecule has 1 heterocycles. The fourth-order valence-corrected chi connectivity index (χ4v) is 3.32. The predicted molar refractivity (Wildman–Crippen MR) is 112 cm³/mol. The molecule has 1 fully saturated rings. The largest absolute Gasteiger partial charge is 0.490 e. The molecule has 1 aliphatic heterocycles. The van der Waals surface area contributed by atoms with Gasteiger partial charge in [0, 0.05) is 55.7 Å². The zero-order valence-corrected chi connectivity index (χ0v) is 17.2. The minimum Gasteiger partial charge on any atom is -0.490 e. The zero-order valence-electron chi connectivity index (χ0n) is 16.4. The van der Waals surface area contributed by atoms with E-state index >= 15 is 0 Å². The van der Waals surface area contributed by atoms with Gasteiger partial charge in [0.15, 0.2) is 0 Å². The minimum atomic E-state index is -0.179. The Kier molecular flexibility index (Phi) is 7.49. The van der Waals surface area contributed by atoms with Gasteiger partial charge in [0.05, 0.1) is 6.61 Å². The average molecular weight is 417 g/mol. The van der Waals surface area contributed by atoms with E-state index in [0.717, 1.165) is 18.6 Å². The van der Waals surface area contributed by atoms with Crippen LogP contribution in [0.1, 0.15) is 33.6 Å². The number of nitrogens with zero attached hydrogens (tertiary/aromatic N) is 1. The van der Waals surface area contributed by atoms with Crippen molar-refractivity contribution in [3.05, 3.63) is 64.7 Å². The van der Waals surface area contributed by atoms with Crippen molar-refractivity contribution < 1.29 is 19.1 Å². The summed E-state index contributed by atoms with van der Waals surface area (Å²) in [6.07, 6.45) is 1.63. The van der Waals surface area contributed by atoms with Crippen LogP contribution in [0.15, 0.2) is 48.5 Å². The molecule has 1 aliphatic rings. The highest BCUT2D eigenvalue weighted by atomic mass is 35.5. The fraction of sp³-hybridized carbons (Fsp3) is 0.364. The van der Waals surface area contributed by atoms with E-state index in [0.29, 0.717) is 42.4 Å². The van der Waals surface area contributed by atoms with E-state index in [9.17, 15) is 9.59 Å². The number of likely N-dealkylation sites (tertiary alicyclic amines) is 1. The van der Waals surface area contributed by atoms with Crippen molar-refractivity contribution in [3.63, 3.8) is 0 Å². The van der Waals surface area contributed by atoms with Gasteiger partial charge in [0.25, 0.3) is 11.8 Å². The monoisotopic (exact) mass is 416 g/mol. The van der Waals surface area contributed by atoms with Gasteiger partial charge in [-0.2, -0.15) is 0 Å². The summed E-state index contributed by atoms with van der Waals surface area (Å²) in [6.45, 7) is 2.18. The van der Waals surface area contributed by atoms with Crippen LogP contribution in [-0.2, 0) is 4.74 Å². The van der Waals surface area contributed by atoms with Gasteiger partial charge in [0.2, 0.25) is 0 Å². The van der Waals surface area contributed by atoms with Crippen LogP contribution in [-0.4, -0.2) is 56.2 Å². The van der Waals surface area contributed by atoms with Crippen molar-refractivity contribution in [1.29, 1.82) is 0 Å². The zero-order chi connectivity index (χ0) is 20.6. The molecule has 6 nitrogen and oxygen atoms in total. The topological polar surface area (TPSA) is 67.9 Å². The first-order valence-electron chi connectivity index (χ1n) is 9.65. The molecule has 0 bridgehead atoms. The summed E-state index contributed by atoms with van der Waals surface area (Å²) in [5.41, 5.74) is 1.10. The SMILES string of the molecule is COCCNC(=O)c1ccc(C(=O)N2CCC(Oc3ccc(Cl)cc3)CC2)cc1. The highest BCUT2D eigenvalue weighted by molar-refractivity contribution is 6.30. The van der Waals surface area contributed by atoms with Gasteiger partial charge in [-0.05, 0) is 48.5 Å². The van der Waals surface area contributed by atoms with Crippen molar-refractivity contribution in [2.24, 2.45) is 0 Å². The smallest absolute Gasteiger partial charge is 0.253 e. The fourth-order valence-electron chi connectivity index (χ4n) is 3.20. The van der Waals surface area contributed by atoms with Crippen LogP contribution in [0.2, 0.25) is 5.02 Å². The second-order valence-corrected chi connectivity index (χ2v) is 7.33. The molecule has 29 heavy (non-hydrogen) atoms. The molecule has 0 aromatic heterocycles. The second kappa shape index (κ2) is 10.3. The summed E-state index contributed by atoms with van der Waals surface area (Å²) >= 11 is 5.90. The first-order valence-corrected chi connectivity index (χ1v) is 10.0. The molecular weight excluding hydrogens is 392 g/mol. The minimum absolute atomic E-state index is 0.0266. The second-order valence-electron chi connectivity index (χ2n) is 6.89. The van der Waals surface area contributed by atoms with E-state index in [-0.39, 0.29) is 17.9 Å². The number of hydrogen-bond donors (Lipinski definition) is 1. The molecule has 0 saturated carbocycles. The Morgan fingerprint density at radius 1 is 1.03 bits per heavy atom. The van der Waals surface area contributed by atoms with Crippen molar-refractivity contribution in [3.8, 4) is 5.75 Å². The summed E-state index contributed by atoms with van der Waals surface area (Å²) < 4.78 is 10.9. The van der Waals surface area contributed by atoms with E-state index in [2.05, 4.69) is 5.32 Å². The predicted octanol–water partition coefficient (Wildman–Crippen LogP) is 3.40. The van der Waals surface area contributed by atoms with Gasteiger partial charge in [-0.3, -0.25) is 9.59 Å². The first kappa shape index (κ1) is 21.1. The number of piperidine rings is 1. The Morgan fingerprint density at radius 3 is 2.28 bits per heavy atom. The van der Waals surface area contributed by atoms with E-state index in [4.69, 9.17) is 21.1 Å². The molecule has 2 aromatic carbocycles. The summed E-state index contributed by atoms with van der Waals surface area (Å²) in [5, 5.41) is 3.44.